The maximum atomic E-state index is 12.1. The van der Waals surface area contributed by atoms with Crippen LogP contribution in [0.2, 0.25) is 0 Å². The summed E-state index contributed by atoms with van der Waals surface area (Å²) in [6, 6.07) is 0.186. The van der Waals surface area contributed by atoms with Gasteiger partial charge >= 0.3 is 5.97 Å². The number of hydrogen-bond donors (Lipinski definition) is 1. The lowest BCUT2D eigenvalue weighted by molar-refractivity contribution is -0.138. The lowest BCUT2D eigenvalue weighted by Gasteiger charge is -2.36. The van der Waals surface area contributed by atoms with E-state index in [0.717, 1.165) is 6.42 Å². The van der Waals surface area contributed by atoms with Crippen LogP contribution in [0.15, 0.2) is 4.99 Å². The number of carbonyl (C=O) groups is 2. The average Bonchev–Trinajstić information content (AvgIpc) is 3.24. The Morgan fingerprint density at radius 3 is 2.60 bits per heavy atom. The third kappa shape index (κ3) is 3.32. The molecule has 138 valence electrons. The zero-order chi connectivity index (χ0) is 17.8. The van der Waals surface area contributed by atoms with Gasteiger partial charge in [-0.3, -0.25) is 9.59 Å². The molecule has 9 heteroatoms. The molecule has 2 saturated heterocycles. The van der Waals surface area contributed by atoms with Crippen molar-refractivity contribution in [1.82, 2.24) is 4.90 Å². The smallest absolute Gasteiger partial charge is 0.303 e. The molecule has 2 aliphatic carbocycles. The van der Waals surface area contributed by atoms with Crippen LogP contribution in [-0.4, -0.2) is 64.3 Å². The number of rotatable bonds is 4. The summed E-state index contributed by atoms with van der Waals surface area (Å²) in [5, 5.41) is 9.29. The van der Waals surface area contributed by atoms with Crippen LogP contribution in [0.3, 0.4) is 0 Å². The van der Waals surface area contributed by atoms with Crippen LogP contribution < -0.4 is 0 Å². The van der Waals surface area contributed by atoms with Gasteiger partial charge in [0.05, 0.1) is 24.0 Å². The van der Waals surface area contributed by atoms with Gasteiger partial charge in [-0.15, -0.1) is 0 Å². The fourth-order valence-corrected chi connectivity index (χ4v) is 8.90. The second kappa shape index (κ2) is 6.26. The summed E-state index contributed by atoms with van der Waals surface area (Å²) in [7, 11) is -3.03. The molecule has 7 nitrogen and oxygen atoms in total. The van der Waals surface area contributed by atoms with E-state index in [1.807, 2.05) is 0 Å². The number of nitrogens with zero attached hydrogens (tertiary/aromatic N) is 2. The Labute approximate surface area is 151 Å². The summed E-state index contributed by atoms with van der Waals surface area (Å²) >= 11 is 1.40. The maximum Gasteiger partial charge on any atom is 0.303 e. The Kier molecular flexibility index (Phi) is 4.34. The van der Waals surface area contributed by atoms with Crippen molar-refractivity contribution in [2.24, 2.45) is 16.8 Å². The highest BCUT2D eigenvalue weighted by Crippen LogP contribution is 2.51. The zero-order valence-electron chi connectivity index (χ0n) is 13.8. The molecule has 2 aliphatic heterocycles. The van der Waals surface area contributed by atoms with E-state index in [1.165, 1.54) is 31.0 Å². The fourth-order valence-electron chi connectivity index (χ4n) is 4.91. The van der Waals surface area contributed by atoms with Crippen molar-refractivity contribution >= 4 is 38.6 Å². The van der Waals surface area contributed by atoms with Crippen LogP contribution in [0.4, 0.5) is 0 Å². The first-order valence-corrected chi connectivity index (χ1v) is 11.5. The van der Waals surface area contributed by atoms with Crippen LogP contribution in [-0.2, 0) is 19.4 Å². The molecule has 2 heterocycles. The van der Waals surface area contributed by atoms with Crippen molar-refractivity contribution in [1.29, 1.82) is 0 Å². The summed E-state index contributed by atoms with van der Waals surface area (Å²) in [4.78, 5) is 29.0. The molecule has 1 N–H and O–H groups in total. The minimum atomic E-state index is -3.03. The number of fused-ring (bicyclic) bond motifs is 3. The zero-order valence-corrected chi connectivity index (χ0v) is 15.5. The van der Waals surface area contributed by atoms with Crippen LogP contribution in [0, 0.1) is 11.8 Å². The van der Waals surface area contributed by atoms with Crippen molar-refractivity contribution in [3.05, 3.63) is 0 Å². The highest BCUT2D eigenvalue weighted by molar-refractivity contribution is 8.15. The normalized spacial score (nSPS) is 39.9. The maximum absolute atomic E-state index is 12.1. The minimum absolute atomic E-state index is 0.0600. The Hall–Kier alpha value is -1.09. The molecule has 0 aromatic rings. The molecule has 4 aliphatic rings. The molecule has 0 unspecified atom stereocenters. The van der Waals surface area contributed by atoms with E-state index in [2.05, 4.69) is 9.89 Å². The molecule has 0 aromatic heterocycles. The first-order chi connectivity index (χ1) is 11.8. The summed E-state index contributed by atoms with van der Waals surface area (Å²) in [6.07, 6.45) is 4.32. The van der Waals surface area contributed by atoms with Crippen LogP contribution in [0.5, 0.6) is 0 Å². The van der Waals surface area contributed by atoms with Crippen LogP contribution in [0.1, 0.15) is 38.5 Å². The quantitative estimate of drug-likeness (QED) is 0.772. The third-order valence-electron chi connectivity index (χ3n) is 5.94. The molecule has 2 saturated carbocycles. The number of hydrogen-bond acceptors (Lipinski definition) is 5. The molecule has 0 aromatic carbocycles. The largest absolute Gasteiger partial charge is 0.481 e. The predicted octanol–water partition coefficient (Wildman–Crippen LogP) is 1.14. The van der Waals surface area contributed by atoms with Crippen molar-refractivity contribution in [2.45, 2.75) is 55.9 Å². The average molecular weight is 386 g/mol. The first kappa shape index (κ1) is 17.3. The van der Waals surface area contributed by atoms with Gasteiger partial charge in [-0.25, -0.2) is 8.42 Å². The van der Waals surface area contributed by atoms with Crippen molar-refractivity contribution < 1.29 is 23.1 Å². The molecule has 0 spiro atoms. The highest BCUT2D eigenvalue weighted by Gasteiger charge is 2.54. The Morgan fingerprint density at radius 2 is 1.96 bits per heavy atom. The number of aliphatic imine (C=N–C) groups is 1. The van der Waals surface area contributed by atoms with Crippen molar-refractivity contribution in [3.63, 3.8) is 0 Å². The molecule has 2 bridgehead atoms. The second-order valence-electron chi connectivity index (χ2n) is 7.63. The first-order valence-electron chi connectivity index (χ1n) is 8.81. The van der Waals surface area contributed by atoms with E-state index in [9.17, 15) is 18.0 Å². The Balaban J connectivity index is 1.57. The number of amides is 1. The van der Waals surface area contributed by atoms with E-state index < -0.39 is 21.7 Å². The standard InChI is InChI=1S/C16H22N2O5S2/c19-14(3-4-15(20)21)17-16-18(11-6-9-1-2-10(11)5-9)12-7-25(22,23)8-13(12)24-16/h9-13H,1-8H2,(H,20,21)/t9-,10-,11+,12-,13+/m0/s1. The molecule has 4 fully saturated rings. The lowest BCUT2D eigenvalue weighted by atomic mass is 9.93. The van der Waals surface area contributed by atoms with E-state index >= 15 is 0 Å². The van der Waals surface area contributed by atoms with E-state index in [4.69, 9.17) is 5.11 Å². The number of amidine groups is 1. The van der Waals surface area contributed by atoms with E-state index in [1.54, 1.807) is 0 Å². The molecule has 1 amide bonds. The number of carboxylic acids is 1. The van der Waals surface area contributed by atoms with Gasteiger partial charge in [-0.1, -0.05) is 18.2 Å². The van der Waals surface area contributed by atoms with Gasteiger partial charge in [-0.2, -0.15) is 4.99 Å². The topological polar surface area (TPSA) is 104 Å². The monoisotopic (exact) mass is 386 g/mol. The third-order valence-corrected chi connectivity index (χ3v) is 9.16. The molecule has 25 heavy (non-hydrogen) atoms. The molecular formula is C16H22N2O5S2. The van der Waals surface area contributed by atoms with Crippen molar-refractivity contribution in [3.8, 4) is 0 Å². The summed E-state index contributed by atoms with van der Waals surface area (Å²) in [6.45, 7) is 0. The molecule has 4 rings (SSSR count). The van der Waals surface area contributed by atoms with Gasteiger partial charge in [0.25, 0.3) is 0 Å². The second-order valence-corrected chi connectivity index (χ2v) is 11.0. The molecular weight excluding hydrogens is 364 g/mol. The summed E-state index contributed by atoms with van der Waals surface area (Å²) in [5.41, 5.74) is 0. The highest BCUT2D eigenvalue weighted by atomic mass is 32.2. The van der Waals surface area contributed by atoms with Gasteiger partial charge in [-0.05, 0) is 31.1 Å². The van der Waals surface area contributed by atoms with Crippen LogP contribution >= 0.6 is 11.8 Å². The summed E-state index contributed by atoms with van der Waals surface area (Å²) in [5.74, 6) is 0.109. The Morgan fingerprint density at radius 1 is 1.16 bits per heavy atom. The molecule has 0 radical (unpaired) electrons. The Bertz CT molecular complexity index is 735. The SMILES string of the molecule is O=C(O)CCC(=O)N=C1S[C@@H]2CS(=O)(=O)C[C@@H]2N1[C@@H]1C[C@H]2CC[C@H]1C2. The van der Waals surface area contributed by atoms with Gasteiger partial charge in [0.1, 0.15) is 0 Å². The number of carbonyl (C=O) groups excluding carboxylic acids is 1. The number of thioether (sulfide) groups is 1. The number of aliphatic carboxylic acids is 1. The number of sulfone groups is 1. The van der Waals surface area contributed by atoms with E-state index in [-0.39, 0.29) is 41.7 Å². The number of carboxylic acid groups (broad SMARTS) is 1. The minimum Gasteiger partial charge on any atom is -0.481 e. The fraction of sp³-hybridized carbons (Fsp3) is 0.812. The van der Waals surface area contributed by atoms with Gasteiger partial charge in [0, 0.05) is 17.7 Å². The van der Waals surface area contributed by atoms with Gasteiger partial charge < -0.3 is 10.0 Å². The van der Waals surface area contributed by atoms with Crippen molar-refractivity contribution in [2.75, 3.05) is 11.5 Å². The van der Waals surface area contributed by atoms with Gasteiger partial charge in [0.15, 0.2) is 15.0 Å². The predicted molar refractivity (Wildman–Crippen MR) is 94.2 cm³/mol. The van der Waals surface area contributed by atoms with Gasteiger partial charge in [0.2, 0.25) is 5.91 Å². The molecule has 5 atom stereocenters. The summed E-state index contributed by atoms with van der Waals surface area (Å²) < 4.78 is 24.1. The lowest BCUT2D eigenvalue weighted by Crippen LogP contribution is -2.47. The van der Waals surface area contributed by atoms with E-state index in [0.29, 0.717) is 17.0 Å². The van der Waals surface area contributed by atoms with Crippen LogP contribution in [0.25, 0.3) is 0 Å².